The lowest BCUT2D eigenvalue weighted by Crippen LogP contribution is -2.29. The number of nitrogens with one attached hydrogen (secondary N) is 1. The lowest BCUT2D eigenvalue weighted by Gasteiger charge is -2.19. The molecule has 0 spiro atoms. The van der Waals surface area contributed by atoms with Gasteiger partial charge in [-0.3, -0.25) is 9.97 Å². The number of benzene rings is 1. The molecular weight excluding hydrogens is 414 g/mol. The van der Waals surface area contributed by atoms with E-state index in [0.717, 1.165) is 65.3 Å². The quantitative estimate of drug-likeness (QED) is 0.371. The first-order chi connectivity index (χ1) is 16.1. The van der Waals surface area contributed by atoms with Gasteiger partial charge in [0.1, 0.15) is 6.61 Å². The van der Waals surface area contributed by atoms with Gasteiger partial charge in [0, 0.05) is 29.4 Å². The summed E-state index contributed by atoms with van der Waals surface area (Å²) in [5.41, 5.74) is 5.61. The maximum atomic E-state index is 12.6. The Morgan fingerprint density at radius 2 is 1.97 bits per heavy atom. The van der Waals surface area contributed by atoms with Gasteiger partial charge in [-0.2, -0.15) is 0 Å². The summed E-state index contributed by atoms with van der Waals surface area (Å²) in [5.74, 6) is -0.355. The molecule has 0 amide bonds. The molecule has 0 fully saturated rings. The van der Waals surface area contributed by atoms with Gasteiger partial charge in [0.15, 0.2) is 0 Å². The van der Waals surface area contributed by atoms with Crippen LogP contribution in [0.1, 0.15) is 36.3 Å². The summed E-state index contributed by atoms with van der Waals surface area (Å²) in [6, 6.07) is 13.6. The molecule has 0 unspecified atom stereocenters. The highest BCUT2D eigenvalue weighted by Gasteiger charge is 2.14. The molecule has 33 heavy (non-hydrogen) atoms. The van der Waals surface area contributed by atoms with Gasteiger partial charge >= 0.3 is 5.97 Å². The number of hydrogen-bond donors (Lipinski definition) is 1. The summed E-state index contributed by atoms with van der Waals surface area (Å²) in [6.45, 7) is 9.27. The molecule has 0 aliphatic carbocycles. The number of pyridine rings is 2. The predicted octanol–water partition coefficient (Wildman–Crippen LogP) is 4.88. The number of rotatable bonds is 9. The van der Waals surface area contributed by atoms with E-state index >= 15 is 0 Å². The summed E-state index contributed by atoms with van der Waals surface area (Å²) in [7, 11) is 0. The number of carbonyl (C=O) groups is 1. The molecule has 3 aromatic heterocycles. The Morgan fingerprint density at radius 1 is 1.09 bits per heavy atom. The van der Waals surface area contributed by atoms with Gasteiger partial charge in [-0.15, -0.1) is 0 Å². The zero-order valence-corrected chi connectivity index (χ0v) is 19.3. The topological polar surface area (TPSA) is 84.0 Å². The van der Waals surface area contributed by atoms with Crippen LogP contribution in [0.5, 0.6) is 0 Å². The molecule has 4 rings (SSSR count). The van der Waals surface area contributed by atoms with Crippen molar-refractivity contribution in [1.29, 1.82) is 0 Å². The second-order valence-corrected chi connectivity index (χ2v) is 7.99. The Labute approximate surface area is 193 Å². The number of aromatic amines is 1. The van der Waals surface area contributed by atoms with Crippen molar-refractivity contribution in [2.24, 2.45) is 0 Å². The van der Waals surface area contributed by atoms with Crippen molar-refractivity contribution in [3.63, 3.8) is 0 Å². The van der Waals surface area contributed by atoms with E-state index < -0.39 is 0 Å². The number of ether oxygens (including phenoxy) is 1. The van der Waals surface area contributed by atoms with Crippen LogP contribution in [0.2, 0.25) is 0 Å². The van der Waals surface area contributed by atoms with Crippen LogP contribution in [0.3, 0.4) is 0 Å². The van der Waals surface area contributed by atoms with Crippen LogP contribution in [-0.2, 0) is 4.74 Å². The van der Waals surface area contributed by atoms with Crippen molar-refractivity contribution >= 4 is 16.9 Å². The Hall–Kier alpha value is -3.58. The normalized spacial score (nSPS) is 11.3. The Kier molecular flexibility index (Phi) is 7.10. The third-order valence-corrected chi connectivity index (χ3v) is 5.60. The van der Waals surface area contributed by atoms with Crippen molar-refractivity contribution < 1.29 is 9.53 Å². The van der Waals surface area contributed by atoms with Gasteiger partial charge in [0.2, 0.25) is 0 Å². The molecule has 0 atom stereocenters. The van der Waals surface area contributed by atoms with Crippen LogP contribution < -0.4 is 0 Å². The number of aryl methyl sites for hydroxylation is 1. The molecular formula is C26H29N5O2. The number of carbonyl (C=O) groups excluding carboxylic acids is 1. The molecule has 7 nitrogen and oxygen atoms in total. The third kappa shape index (κ3) is 5.26. The smallest absolute Gasteiger partial charge is 0.339 e. The standard InChI is InChI=1S/C26H29N5O2/c1-4-11-31(5-2)12-13-33-26(32)21-15-20-14-19(9-10-22(20)27-16-21)24-25(29-17-28-24)23-8-6-7-18(3)30-23/h6-10,14-17H,4-5,11-13H2,1-3H3,(H,28,29). The van der Waals surface area contributed by atoms with Gasteiger partial charge in [-0.25, -0.2) is 9.78 Å². The van der Waals surface area contributed by atoms with Crippen LogP contribution in [0.15, 0.2) is 55.0 Å². The number of imidazole rings is 1. The minimum atomic E-state index is -0.355. The Bertz CT molecular complexity index is 1250. The average Bonchev–Trinajstić information content (AvgIpc) is 3.33. The highest BCUT2D eigenvalue weighted by Crippen LogP contribution is 2.30. The van der Waals surface area contributed by atoms with Crippen molar-refractivity contribution in [2.75, 3.05) is 26.2 Å². The number of H-pyrrole nitrogens is 1. The summed E-state index contributed by atoms with van der Waals surface area (Å²) >= 11 is 0. The lowest BCUT2D eigenvalue weighted by atomic mass is 10.0. The molecule has 170 valence electrons. The number of hydrogen-bond acceptors (Lipinski definition) is 6. The number of esters is 1. The van der Waals surface area contributed by atoms with Crippen LogP contribution in [0.4, 0.5) is 0 Å². The minimum Gasteiger partial charge on any atom is -0.461 e. The van der Waals surface area contributed by atoms with E-state index in [4.69, 9.17) is 4.74 Å². The summed E-state index contributed by atoms with van der Waals surface area (Å²) in [5, 5.41) is 0.856. The molecule has 3 heterocycles. The van der Waals surface area contributed by atoms with E-state index in [2.05, 4.69) is 38.7 Å². The molecule has 0 aliphatic heterocycles. The first-order valence-electron chi connectivity index (χ1n) is 11.4. The van der Waals surface area contributed by atoms with Gasteiger partial charge in [-0.1, -0.05) is 26.0 Å². The molecule has 0 aliphatic rings. The van der Waals surface area contributed by atoms with Gasteiger partial charge in [0.25, 0.3) is 0 Å². The van der Waals surface area contributed by atoms with Crippen LogP contribution in [-0.4, -0.2) is 57.0 Å². The van der Waals surface area contributed by atoms with E-state index in [-0.39, 0.29) is 5.97 Å². The van der Waals surface area contributed by atoms with Crippen molar-refractivity contribution in [1.82, 2.24) is 24.8 Å². The van der Waals surface area contributed by atoms with Crippen LogP contribution in [0.25, 0.3) is 33.5 Å². The summed E-state index contributed by atoms with van der Waals surface area (Å²) in [6.07, 6.45) is 4.32. The second kappa shape index (κ2) is 10.4. The van der Waals surface area contributed by atoms with Crippen molar-refractivity contribution in [3.05, 3.63) is 66.2 Å². The van der Waals surface area contributed by atoms with Crippen LogP contribution in [0, 0.1) is 6.92 Å². The SMILES string of the molecule is CCCN(CC)CCOC(=O)c1cnc2ccc(-c3nc[nH]c3-c3cccc(C)n3)cc2c1. The van der Waals surface area contributed by atoms with Crippen molar-refractivity contribution in [2.45, 2.75) is 27.2 Å². The molecule has 0 bridgehead atoms. The minimum absolute atomic E-state index is 0.355. The maximum absolute atomic E-state index is 12.6. The summed E-state index contributed by atoms with van der Waals surface area (Å²) in [4.78, 5) is 31.7. The van der Waals surface area contributed by atoms with E-state index in [9.17, 15) is 4.79 Å². The summed E-state index contributed by atoms with van der Waals surface area (Å²) < 4.78 is 5.50. The monoisotopic (exact) mass is 443 g/mol. The Balaban J connectivity index is 1.55. The number of nitrogens with zero attached hydrogens (tertiary/aromatic N) is 4. The lowest BCUT2D eigenvalue weighted by molar-refractivity contribution is 0.0464. The highest BCUT2D eigenvalue weighted by molar-refractivity contribution is 5.95. The molecule has 1 aromatic carbocycles. The largest absolute Gasteiger partial charge is 0.461 e. The fourth-order valence-electron chi connectivity index (χ4n) is 3.88. The van der Waals surface area contributed by atoms with Crippen LogP contribution >= 0.6 is 0 Å². The fourth-order valence-corrected chi connectivity index (χ4v) is 3.88. The zero-order valence-electron chi connectivity index (χ0n) is 19.3. The van der Waals surface area contributed by atoms with Crippen molar-refractivity contribution in [3.8, 4) is 22.6 Å². The zero-order chi connectivity index (χ0) is 23.2. The molecule has 7 heteroatoms. The van der Waals surface area contributed by atoms with E-state index in [1.807, 2.05) is 49.4 Å². The molecule has 1 N–H and O–H groups in total. The van der Waals surface area contributed by atoms with E-state index in [1.165, 1.54) is 0 Å². The molecule has 0 radical (unpaired) electrons. The fraction of sp³-hybridized carbons (Fsp3) is 0.308. The number of aromatic nitrogens is 4. The van der Waals surface area contributed by atoms with E-state index in [0.29, 0.717) is 12.2 Å². The van der Waals surface area contributed by atoms with Gasteiger partial charge in [0.05, 0.1) is 34.5 Å². The first-order valence-corrected chi connectivity index (χ1v) is 11.4. The molecule has 0 saturated heterocycles. The number of likely N-dealkylation sites (N-methyl/N-ethyl adjacent to an activating group) is 1. The molecule has 0 saturated carbocycles. The Morgan fingerprint density at radius 3 is 2.76 bits per heavy atom. The van der Waals surface area contributed by atoms with Gasteiger partial charge in [-0.05, 0) is 56.8 Å². The highest BCUT2D eigenvalue weighted by atomic mass is 16.5. The van der Waals surface area contributed by atoms with E-state index in [1.54, 1.807) is 12.5 Å². The number of fused-ring (bicyclic) bond motifs is 1. The second-order valence-electron chi connectivity index (χ2n) is 7.99. The predicted molar refractivity (Wildman–Crippen MR) is 130 cm³/mol. The first kappa shape index (κ1) is 22.6. The molecule has 4 aromatic rings. The van der Waals surface area contributed by atoms with Gasteiger partial charge < -0.3 is 14.6 Å². The average molecular weight is 444 g/mol. The third-order valence-electron chi connectivity index (χ3n) is 5.60. The maximum Gasteiger partial charge on any atom is 0.339 e.